The minimum absolute atomic E-state index is 0.217. The molecular weight excluding hydrogens is 197 g/mol. The Balaban J connectivity index is 3.11. The van der Waals surface area contributed by atoms with Gasteiger partial charge in [0.15, 0.2) is 0 Å². The van der Waals surface area contributed by atoms with Gasteiger partial charge in [-0.3, -0.25) is 0 Å². The third kappa shape index (κ3) is 8.34. The van der Waals surface area contributed by atoms with Crippen molar-refractivity contribution in [2.75, 3.05) is 13.1 Å². The molecule has 0 amide bonds. The van der Waals surface area contributed by atoms with Gasteiger partial charge in [-0.1, -0.05) is 23.2 Å². The van der Waals surface area contributed by atoms with E-state index < -0.39 is 0 Å². The van der Waals surface area contributed by atoms with E-state index in [-0.39, 0.29) is 6.10 Å². The summed E-state index contributed by atoms with van der Waals surface area (Å²) < 4.78 is 0. The third-order valence-corrected chi connectivity index (χ3v) is 2.01. The molecule has 1 atom stereocenters. The van der Waals surface area contributed by atoms with Crippen LogP contribution in [-0.4, -0.2) is 24.3 Å². The molecule has 0 aromatic heterocycles. The highest BCUT2D eigenvalue weighted by Crippen LogP contribution is 2.00. The largest absolute Gasteiger partial charge is 0.393 e. The first kappa shape index (κ1) is 12.2. The normalized spacial score (nSPS) is 14.8. The molecule has 0 spiro atoms. The first-order chi connectivity index (χ1) is 5.66. The summed E-state index contributed by atoms with van der Waals surface area (Å²) in [5.41, 5.74) is 1.35. The zero-order chi connectivity index (χ0) is 9.40. The summed E-state index contributed by atoms with van der Waals surface area (Å²) in [7, 11) is 0. The molecule has 4 heteroatoms. The first-order valence-corrected chi connectivity index (χ1v) is 4.81. The van der Waals surface area contributed by atoms with Crippen LogP contribution in [0.4, 0.5) is 0 Å². The van der Waals surface area contributed by atoms with Gasteiger partial charge in [0.05, 0.1) is 6.10 Å². The Bertz CT molecular complexity index is 137. The minimum atomic E-state index is -0.217. The average Bonchev–Trinajstić information content (AvgIpc) is 2.03. The van der Waals surface area contributed by atoms with Gasteiger partial charge in [0.1, 0.15) is 0 Å². The van der Waals surface area contributed by atoms with Crippen molar-refractivity contribution in [3.63, 3.8) is 0 Å². The SMILES string of the molecule is CC(O)CCCNCC(Cl)=CCl. The number of hydrogen-bond donors (Lipinski definition) is 2. The summed E-state index contributed by atoms with van der Waals surface area (Å²) in [4.78, 5) is 0. The van der Waals surface area contributed by atoms with Crippen LogP contribution in [-0.2, 0) is 0 Å². The second-order valence-electron chi connectivity index (χ2n) is 2.72. The van der Waals surface area contributed by atoms with Gasteiger partial charge < -0.3 is 10.4 Å². The third-order valence-electron chi connectivity index (χ3n) is 1.39. The van der Waals surface area contributed by atoms with E-state index in [4.69, 9.17) is 28.3 Å². The molecule has 0 radical (unpaired) electrons. The van der Waals surface area contributed by atoms with Crippen LogP contribution in [0, 0.1) is 0 Å². The quantitative estimate of drug-likeness (QED) is 0.660. The Kier molecular flexibility index (Phi) is 8.02. The molecule has 72 valence electrons. The topological polar surface area (TPSA) is 32.3 Å². The molecule has 0 saturated heterocycles. The molecule has 0 saturated carbocycles. The highest BCUT2D eigenvalue weighted by Gasteiger charge is 1.95. The summed E-state index contributed by atoms with van der Waals surface area (Å²) in [6.45, 7) is 3.24. The molecule has 2 N–H and O–H groups in total. The van der Waals surface area contributed by atoms with Crippen LogP contribution >= 0.6 is 23.2 Å². The van der Waals surface area contributed by atoms with Crippen LogP contribution in [0.5, 0.6) is 0 Å². The standard InChI is InChI=1S/C8H15Cl2NO/c1-7(12)3-2-4-11-6-8(10)5-9/h5,7,11-12H,2-4,6H2,1H3. The van der Waals surface area contributed by atoms with Gasteiger partial charge in [0.25, 0.3) is 0 Å². The van der Waals surface area contributed by atoms with Crippen molar-refractivity contribution in [2.45, 2.75) is 25.9 Å². The Morgan fingerprint density at radius 3 is 2.83 bits per heavy atom. The van der Waals surface area contributed by atoms with Crippen LogP contribution in [0.15, 0.2) is 10.6 Å². The number of hydrogen-bond acceptors (Lipinski definition) is 2. The Hall–Kier alpha value is 0.240. The van der Waals surface area contributed by atoms with E-state index in [0.717, 1.165) is 19.4 Å². The van der Waals surface area contributed by atoms with Crippen LogP contribution < -0.4 is 5.32 Å². The zero-order valence-electron chi connectivity index (χ0n) is 7.19. The zero-order valence-corrected chi connectivity index (χ0v) is 8.70. The molecule has 0 aromatic carbocycles. The van der Waals surface area contributed by atoms with Gasteiger partial charge >= 0.3 is 0 Å². The van der Waals surface area contributed by atoms with E-state index in [1.165, 1.54) is 5.54 Å². The van der Waals surface area contributed by atoms with Gasteiger partial charge in [-0.05, 0) is 26.3 Å². The van der Waals surface area contributed by atoms with Crippen molar-refractivity contribution in [2.24, 2.45) is 0 Å². The smallest absolute Gasteiger partial charge is 0.0512 e. The van der Waals surface area contributed by atoms with Crippen LogP contribution in [0.2, 0.25) is 0 Å². The van der Waals surface area contributed by atoms with E-state index in [0.29, 0.717) is 11.6 Å². The van der Waals surface area contributed by atoms with Gasteiger partial charge in [-0.2, -0.15) is 0 Å². The second kappa shape index (κ2) is 7.87. The van der Waals surface area contributed by atoms with Crippen molar-refractivity contribution in [3.8, 4) is 0 Å². The molecule has 0 rings (SSSR count). The van der Waals surface area contributed by atoms with Crippen molar-refractivity contribution >= 4 is 23.2 Å². The molecule has 0 fully saturated rings. The molecule has 0 bridgehead atoms. The van der Waals surface area contributed by atoms with Crippen LogP contribution in [0.1, 0.15) is 19.8 Å². The lowest BCUT2D eigenvalue weighted by Gasteiger charge is -2.04. The summed E-state index contributed by atoms with van der Waals surface area (Å²) in [6.07, 6.45) is 1.55. The average molecular weight is 212 g/mol. The lowest BCUT2D eigenvalue weighted by atomic mass is 10.2. The van der Waals surface area contributed by atoms with Gasteiger partial charge in [-0.25, -0.2) is 0 Å². The second-order valence-corrected chi connectivity index (χ2v) is 3.43. The molecule has 1 unspecified atom stereocenters. The van der Waals surface area contributed by atoms with Crippen molar-refractivity contribution in [1.82, 2.24) is 5.32 Å². The van der Waals surface area contributed by atoms with E-state index in [1.54, 1.807) is 6.92 Å². The predicted octanol–water partition coefficient (Wildman–Crippen LogP) is 2.06. The lowest BCUT2D eigenvalue weighted by Crippen LogP contribution is -2.18. The highest BCUT2D eigenvalue weighted by atomic mass is 35.5. The molecule has 0 heterocycles. The molecular formula is C8H15Cl2NO. The summed E-state index contributed by atoms with van der Waals surface area (Å²) in [6, 6.07) is 0. The summed E-state index contributed by atoms with van der Waals surface area (Å²) in [5, 5.41) is 12.6. The van der Waals surface area contributed by atoms with E-state index >= 15 is 0 Å². The predicted molar refractivity (Wildman–Crippen MR) is 53.6 cm³/mol. The monoisotopic (exact) mass is 211 g/mol. The van der Waals surface area contributed by atoms with Gasteiger partial charge in [-0.15, -0.1) is 0 Å². The molecule has 0 aliphatic carbocycles. The fourth-order valence-electron chi connectivity index (χ4n) is 0.769. The first-order valence-electron chi connectivity index (χ1n) is 4.00. The van der Waals surface area contributed by atoms with Gasteiger partial charge in [0, 0.05) is 17.1 Å². The fourth-order valence-corrected chi connectivity index (χ4v) is 0.940. The van der Waals surface area contributed by atoms with Gasteiger partial charge in [0.2, 0.25) is 0 Å². The Labute approximate surface area is 83.6 Å². The molecule has 0 aromatic rings. The Morgan fingerprint density at radius 2 is 2.33 bits per heavy atom. The van der Waals surface area contributed by atoms with Crippen molar-refractivity contribution in [3.05, 3.63) is 10.6 Å². The number of nitrogens with one attached hydrogen (secondary N) is 1. The van der Waals surface area contributed by atoms with E-state index in [1.807, 2.05) is 0 Å². The molecule has 2 nitrogen and oxygen atoms in total. The van der Waals surface area contributed by atoms with Crippen LogP contribution in [0.25, 0.3) is 0 Å². The molecule has 12 heavy (non-hydrogen) atoms. The van der Waals surface area contributed by atoms with Crippen molar-refractivity contribution < 1.29 is 5.11 Å². The highest BCUT2D eigenvalue weighted by molar-refractivity contribution is 6.36. The maximum atomic E-state index is 8.92. The molecule has 0 aliphatic heterocycles. The summed E-state index contributed by atoms with van der Waals surface area (Å²) in [5.74, 6) is 0. The van der Waals surface area contributed by atoms with Crippen LogP contribution in [0.3, 0.4) is 0 Å². The number of halogens is 2. The number of rotatable bonds is 6. The minimum Gasteiger partial charge on any atom is -0.393 e. The lowest BCUT2D eigenvalue weighted by molar-refractivity contribution is 0.181. The van der Waals surface area contributed by atoms with Crippen molar-refractivity contribution in [1.29, 1.82) is 0 Å². The maximum absolute atomic E-state index is 8.92. The maximum Gasteiger partial charge on any atom is 0.0512 e. The van der Waals surface area contributed by atoms with E-state index in [9.17, 15) is 0 Å². The number of aliphatic hydroxyl groups excluding tert-OH is 1. The summed E-state index contributed by atoms with van der Waals surface area (Å²) >= 11 is 11.0. The Morgan fingerprint density at radius 1 is 1.67 bits per heavy atom. The van der Waals surface area contributed by atoms with E-state index in [2.05, 4.69) is 5.32 Å². The molecule has 0 aliphatic rings. The fraction of sp³-hybridized carbons (Fsp3) is 0.750. The number of aliphatic hydroxyl groups is 1.